The summed E-state index contributed by atoms with van der Waals surface area (Å²) in [5.41, 5.74) is 2.51. The SMILES string of the molecule is Cc1cc(C)n2c(SCC(=O)Nc3ccc(C(=O)O)cc3)nnc2n1. The third-order valence-corrected chi connectivity index (χ3v) is 4.34. The fraction of sp³-hybridized carbons (Fsp3) is 0.188. The number of aromatic carboxylic acids is 1. The Morgan fingerprint density at radius 3 is 2.60 bits per heavy atom. The predicted molar refractivity (Wildman–Crippen MR) is 93.0 cm³/mol. The lowest BCUT2D eigenvalue weighted by Crippen LogP contribution is -2.14. The molecule has 8 nitrogen and oxygen atoms in total. The summed E-state index contributed by atoms with van der Waals surface area (Å²) >= 11 is 1.26. The lowest BCUT2D eigenvalue weighted by atomic mass is 10.2. The monoisotopic (exact) mass is 357 g/mol. The molecular formula is C16H15N5O3S. The summed E-state index contributed by atoms with van der Waals surface area (Å²) in [6.07, 6.45) is 0. The second kappa shape index (κ2) is 6.89. The Labute approximate surface area is 147 Å². The largest absolute Gasteiger partial charge is 0.478 e. The molecule has 0 unspecified atom stereocenters. The number of hydrogen-bond acceptors (Lipinski definition) is 6. The van der Waals surface area contributed by atoms with Gasteiger partial charge in [-0.1, -0.05) is 11.8 Å². The molecule has 25 heavy (non-hydrogen) atoms. The smallest absolute Gasteiger partial charge is 0.335 e. The summed E-state index contributed by atoms with van der Waals surface area (Å²) in [6, 6.07) is 7.90. The lowest BCUT2D eigenvalue weighted by molar-refractivity contribution is -0.113. The zero-order valence-electron chi connectivity index (χ0n) is 13.6. The van der Waals surface area contributed by atoms with Crippen LogP contribution in [0.1, 0.15) is 21.7 Å². The third kappa shape index (κ3) is 3.77. The molecule has 0 radical (unpaired) electrons. The van der Waals surface area contributed by atoms with Crippen LogP contribution >= 0.6 is 11.8 Å². The van der Waals surface area contributed by atoms with Crippen LogP contribution in [0, 0.1) is 13.8 Å². The van der Waals surface area contributed by atoms with Crippen molar-refractivity contribution in [3.63, 3.8) is 0 Å². The first-order chi connectivity index (χ1) is 11.9. The molecule has 0 aliphatic carbocycles. The first-order valence-corrected chi connectivity index (χ1v) is 8.38. The number of thioether (sulfide) groups is 1. The van der Waals surface area contributed by atoms with Gasteiger partial charge in [0.25, 0.3) is 5.78 Å². The number of carbonyl (C=O) groups is 2. The minimum absolute atomic E-state index is 0.148. The Morgan fingerprint density at radius 1 is 1.20 bits per heavy atom. The van der Waals surface area contributed by atoms with Gasteiger partial charge >= 0.3 is 5.97 Å². The number of fused-ring (bicyclic) bond motifs is 1. The number of nitrogens with zero attached hydrogens (tertiary/aromatic N) is 4. The van der Waals surface area contributed by atoms with Crippen LogP contribution in [0.3, 0.4) is 0 Å². The number of anilines is 1. The summed E-state index contributed by atoms with van der Waals surface area (Å²) < 4.78 is 1.80. The van der Waals surface area contributed by atoms with E-state index in [-0.39, 0.29) is 17.2 Å². The number of nitrogens with one attached hydrogen (secondary N) is 1. The van der Waals surface area contributed by atoms with Gasteiger partial charge in [-0.2, -0.15) is 0 Å². The Hall–Kier alpha value is -2.94. The number of carbonyl (C=O) groups excluding carboxylic acids is 1. The van der Waals surface area contributed by atoms with Gasteiger partial charge in [-0.05, 0) is 44.2 Å². The van der Waals surface area contributed by atoms with E-state index in [0.717, 1.165) is 11.4 Å². The summed E-state index contributed by atoms with van der Waals surface area (Å²) in [6.45, 7) is 3.82. The van der Waals surface area contributed by atoms with Crippen LogP contribution in [-0.4, -0.2) is 42.3 Å². The molecule has 0 fully saturated rings. The minimum Gasteiger partial charge on any atom is -0.478 e. The minimum atomic E-state index is -1.01. The summed E-state index contributed by atoms with van der Waals surface area (Å²) in [5.74, 6) is -0.576. The fourth-order valence-corrected chi connectivity index (χ4v) is 3.10. The van der Waals surface area contributed by atoms with Gasteiger partial charge in [0.05, 0.1) is 11.3 Å². The molecule has 0 saturated heterocycles. The van der Waals surface area contributed by atoms with Crippen molar-refractivity contribution in [2.75, 3.05) is 11.1 Å². The van der Waals surface area contributed by atoms with Gasteiger partial charge < -0.3 is 10.4 Å². The number of carboxylic acids is 1. The summed E-state index contributed by atoms with van der Waals surface area (Å²) in [4.78, 5) is 27.2. The highest BCUT2D eigenvalue weighted by molar-refractivity contribution is 7.99. The first kappa shape index (κ1) is 16.9. The molecule has 0 spiro atoms. The van der Waals surface area contributed by atoms with Gasteiger partial charge in [0, 0.05) is 17.1 Å². The average Bonchev–Trinajstić information content (AvgIpc) is 2.96. The Bertz CT molecular complexity index is 952. The molecule has 2 aromatic heterocycles. The van der Waals surface area contributed by atoms with Crippen LogP contribution in [0.15, 0.2) is 35.5 Å². The zero-order valence-corrected chi connectivity index (χ0v) is 14.4. The summed E-state index contributed by atoms with van der Waals surface area (Å²) in [7, 11) is 0. The molecular weight excluding hydrogens is 342 g/mol. The number of carboxylic acid groups (broad SMARTS) is 1. The van der Waals surface area contributed by atoms with Gasteiger partial charge in [-0.25, -0.2) is 9.78 Å². The van der Waals surface area contributed by atoms with E-state index in [2.05, 4.69) is 20.5 Å². The highest BCUT2D eigenvalue weighted by Gasteiger charge is 2.12. The van der Waals surface area contributed by atoms with E-state index in [9.17, 15) is 9.59 Å². The number of aryl methyl sites for hydroxylation is 2. The van der Waals surface area contributed by atoms with Crippen molar-refractivity contribution in [2.24, 2.45) is 0 Å². The summed E-state index contributed by atoms with van der Waals surface area (Å²) in [5, 5.41) is 20.3. The number of hydrogen-bond donors (Lipinski definition) is 2. The van der Waals surface area contributed by atoms with Crippen molar-refractivity contribution in [3.8, 4) is 0 Å². The van der Waals surface area contributed by atoms with E-state index in [1.54, 1.807) is 16.5 Å². The molecule has 0 aliphatic rings. The molecule has 9 heteroatoms. The second-order valence-corrected chi connectivity index (χ2v) is 6.32. The molecule has 3 aromatic rings. The molecule has 1 aromatic carbocycles. The molecule has 2 heterocycles. The molecule has 0 atom stereocenters. The molecule has 0 aliphatic heterocycles. The highest BCUT2D eigenvalue weighted by atomic mass is 32.2. The number of aromatic nitrogens is 4. The van der Waals surface area contributed by atoms with Crippen molar-refractivity contribution in [3.05, 3.63) is 47.3 Å². The zero-order chi connectivity index (χ0) is 18.0. The van der Waals surface area contributed by atoms with E-state index in [1.807, 2.05) is 19.9 Å². The Kier molecular flexibility index (Phi) is 4.66. The van der Waals surface area contributed by atoms with Gasteiger partial charge in [0.2, 0.25) is 5.91 Å². The first-order valence-electron chi connectivity index (χ1n) is 7.39. The van der Waals surface area contributed by atoms with Crippen molar-refractivity contribution in [1.82, 2.24) is 19.6 Å². The van der Waals surface area contributed by atoms with Crippen LogP contribution in [0.5, 0.6) is 0 Å². The Morgan fingerprint density at radius 2 is 1.92 bits per heavy atom. The van der Waals surface area contributed by atoms with Crippen molar-refractivity contribution in [2.45, 2.75) is 19.0 Å². The van der Waals surface area contributed by atoms with Crippen LogP contribution in [0.25, 0.3) is 5.78 Å². The molecule has 2 N–H and O–H groups in total. The van der Waals surface area contributed by atoms with Gasteiger partial charge in [-0.15, -0.1) is 10.2 Å². The topological polar surface area (TPSA) is 109 Å². The fourth-order valence-electron chi connectivity index (χ4n) is 2.32. The van der Waals surface area contributed by atoms with Crippen LogP contribution < -0.4 is 5.32 Å². The average molecular weight is 357 g/mol. The predicted octanol–water partition coefficient (Wildman–Crippen LogP) is 2.17. The van der Waals surface area contributed by atoms with Crippen LogP contribution in [0.2, 0.25) is 0 Å². The van der Waals surface area contributed by atoms with Crippen LogP contribution in [-0.2, 0) is 4.79 Å². The van der Waals surface area contributed by atoms with E-state index < -0.39 is 5.97 Å². The second-order valence-electron chi connectivity index (χ2n) is 5.38. The van der Waals surface area contributed by atoms with Crippen molar-refractivity contribution >= 4 is 35.1 Å². The third-order valence-electron chi connectivity index (χ3n) is 3.41. The van der Waals surface area contributed by atoms with Crippen LogP contribution in [0.4, 0.5) is 5.69 Å². The normalized spacial score (nSPS) is 10.8. The van der Waals surface area contributed by atoms with E-state index in [0.29, 0.717) is 16.6 Å². The number of rotatable bonds is 5. The van der Waals surface area contributed by atoms with Crippen molar-refractivity contribution < 1.29 is 14.7 Å². The number of amides is 1. The Balaban J connectivity index is 1.65. The maximum atomic E-state index is 12.1. The maximum Gasteiger partial charge on any atom is 0.335 e. The van der Waals surface area contributed by atoms with E-state index >= 15 is 0 Å². The lowest BCUT2D eigenvalue weighted by Gasteiger charge is -2.06. The molecule has 3 rings (SSSR count). The van der Waals surface area contributed by atoms with Crippen molar-refractivity contribution in [1.29, 1.82) is 0 Å². The van der Waals surface area contributed by atoms with E-state index in [1.165, 1.54) is 23.9 Å². The standard InChI is InChI=1S/C16H15N5O3S/c1-9-7-10(2)21-15(17-9)19-20-16(21)25-8-13(22)18-12-5-3-11(4-6-12)14(23)24/h3-7H,8H2,1-2H3,(H,18,22)(H,23,24). The van der Waals surface area contributed by atoms with Gasteiger partial charge in [0.1, 0.15) is 0 Å². The number of benzene rings is 1. The molecule has 0 saturated carbocycles. The van der Waals surface area contributed by atoms with Gasteiger partial charge in [0.15, 0.2) is 5.16 Å². The molecule has 128 valence electrons. The van der Waals surface area contributed by atoms with Gasteiger partial charge in [-0.3, -0.25) is 9.20 Å². The van der Waals surface area contributed by atoms with E-state index in [4.69, 9.17) is 5.11 Å². The molecule has 1 amide bonds. The quantitative estimate of drug-likeness (QED) is 0.673. The maximum absolute atomic E-state index is 12.1. The molecule has 0 bridgehead atoms. The highest BCUT2D eigenvalue weighted by Crippen LogP contribution is 2.19.